The van der Waals surface area contributed by atoms with Gasteiger partial charge in [-0.1, -0.05) is 0 Å². The molecule has 0 radical (unpaired) electrons. The summed E-state index contributed by atoms with van der Waals surface area (Å²) in [6, 6.07) is 4.41. The Labute approximate surface area is 109 Å². The van der Waals surface area contributed by atoms with Gasteiger partial charge in [0.05, 0.1) is 4.90 Å². The van der Waals surface area contributed by atoms with Gasteiger partial charge in [-0.05, 0) is 23.8 Å². The summed E-state index contributed by atoms with van der Waals surface area (Å²) in [5.41, 5.74) is 0.959. The molecule has 0 saturated heterocycles. The average molecular weight is 278 g/mol. The third kappa shape index (κ3) is 2.94. The van der Waals surface area contributed by atoms with Crippen molar-refractivity contribution in [1.82, 2.24) is 9.97 Å². The number of aromatic nitrogens is 2. The molecule has 7 heteroatoms. The second-order valence-electron chi connectivity index (χ2n) is 3.92. The van der Waals surface area contributed by atoms with Crippen molar-refractivity contribution in [3.05, 3.63) is 42.5 Å². The van der Waals surface area contributed by atoms with Gasteiger partial charge in [0.25, 0.3) is 0 Å². The quantitative estimate of drug-likeness (QED) is 0.907. The number of hydrogen-bond acceptors (Lipinski definition) is 5. The van der Waals surface area contributed by atoms with Gasteiger partial charge < -0.3 is 5.11 Å². The van der Waals surface area contributed by atoms with E-state index >= 15 is 0 Å². The summed E-state index contributed by atoms with van der Waals surface area (Å²) in [5.74, 6) is -1.14. The minimum Gasteiger partial charge on any atom is -0.477 e. The molecule has 2 aromatic rings. The van der Waals surface area contributed by atoms with Crippen LogP contribution in [0.4, 0.5) is 0 Å². The molecule has 19 heavy (non-hydrogen) atoms. The molecule has 0 spiro atoms. The molecular weight excluding hydrogens is 268 g/mol. The minimum absolute atomic E-state index is 0.0821. The summed E-state index contributed by atoms with van der Waals surface area (Å²) in [5, 5.41) is 8.87. The number of aromatic carboxylic acids is 1. The Hall–Kier alpha value is -2.28. The SMILES string of the molecule is CS(=O)(=O)c1cncc(-c2ccnc(C(=O)O)c2)c1. The summed E-state index contributed by atoms with van der Waals surface area (Å²) in [6.45, 7) is 0. The standard InChI is InChI=1S/C12H10N2O4S/c1-19(17,18)10-4-9(6-13-7-10)8-2-3-14-11(5-8)12(15)16/h2-7H,1H3,(H,15,16). The molecule has 0 aliphatic heterocycles. The predicted molar refractivity (Wildman–Crippen MR) is 67.5 cm³/mol. The van der Waals surface area contributed by atoms with E-state index in [1.165, 1.54) is 30.7 Å². The molecule has 1 N–H and O–H groups in total. The van der Waals surface area contributed by atoms with E-state index in [9.17, 15) is 13.2 Å². The largest absolute Gasteiger partial charge is 0.477 e. The number of nitrogens with zero attached hydrogens (tertiary/aromatic N) is 2. The fourth-order valence-electron chi connectivity index (χ4n) is 1.51. The summed E-state index contributed by atoms with van der Waals surface area (Å²) in [4.78, 5) is 18.5. The maximum Gasteiger partial charge on any atom is 0.354 e. The third-order valence-corrected chi connectivity index (χ3v) is 3.53. The van der Waals surface area contributed by atoms with Gasteiger partial charge in [-0.3, -0.25) is 4.98 Å². The zero-order chi connectivity index (χ0) is 14.0. The maximum atomic E-state index is 11.4. The van der Waals surface area contributed by atoms with Crippen LogP contribution in [-0.2, 0) is 9.84 Å². The van der Waals surface area contributed by atoms with Crippen LogP contribution in [0.3, 0.4) is 0 Å². The van der Waals surface area contributed by atoms with Crippen molar-refractivity contribution in [1.29, 1.82) is 0 Å². The molecule has 0 aliphatic rings. The highest BCUT2D eigenvalue weighted by Gasteiger charge is 2.11. The van der Waals surface area contributed by atoms with Gasteiger partial charge in [-0.25, -0.2) is 18.2 Å². The molecule has 2 heterocycles. The molecule has 6 nitrogen and oxygen atoms in total. The van der Waals surface area contributed by atoms with Gasteiger partial charge >= 0.3 is 5.97 Å². The topological polar surface area (TPSA) is 97.2 Å². The molecule has 0 bridgehead atoms. The molecule has 0 saturated carbocycles. The van der Waals surface area contributed by atoms with E-state index < -0.39 is 15.8 Å². The van der Waals surface area contributed by atoms with Crippen LogP contribution < -0.4 is 0 Å². The van der Waals surface area contributed by atoms with E-state index in [4.69, 9.17) is 5.11 Å². The van der Waals surface area contributed by atoms with Crippen LogP contribution >= 0.6 is 0 Å². The van der Waals surface area contributed by atoms with Crippen molar-refractivity contribution >= 4 is 15.8 Å². The van der Waals surface area contributed by atoms with Gasteiger partial charge in [0.2, 0.25) is 0 Å². The highest BCUT2D eigenvalue weighted by Crippen LogP contribution is 2.21. The third-order valence-electron chi connectivity index (χ3n) is 2.45. The highest BCUT2D eigenvalue weighted by atomic mass is 32.2. The summed E-state index contributed by atoms with van der Waals surface area (Å²) in [6.07, 6.45) is 5.16. The van der Waals surface area contributed by atoms with Crippen LogP contribution in [0.5, 0.6) is 0 Å². The van der Waals surface area contributed by atoms with Crippen LogP contribution in [0.2, 0.25) is 0 Å². The molecule has 0 unspecified atom stereocenters. The van der Waals surface area contributed by atoms with Crippen LogP contribution in [-0.4, -0.2) is 35.7 Å². The van der Waals surface area contributed by atoms with Crippen molar-refractivity contribution in [2.24, 2.45) is 0 Å². The zero-order valence-corrected chi connectivity index (χ0v) is 10.8. The number of carbonyl (C=O) groups is 1. The van der Waals surface area contributed by atoms with Crippen LogP contribution in [0.1, 0.15) is 10.5 Å². The molecular formula is C12H10N2O4S. The van der Waals surface area contributed by atoms with Crippen LogP contribution in [0.15, 0.2) is 41.7 Å². The molecule has 0 fully saturated rings. The van der Waals surface area contributed by atoms with Crippen LogP contribution in [0.25, 0.3) is 11.1 Å². The second-order valence-corrected chi connectivity index (χ2v) is 5.93. The van der Waals surface area contributed by atoms with Gasteiger partial charge in [0.15, 0.2) is 9.84 Å². The van der Waals surface area contributed by atoms with E-state index in [-0.39, 0.29) is 10.6 Å². The first kappa shape index (κ1) is 13.2. The minimum atomic E-state index is -3.35. The first-order valence-electron chi connectivity index (χ1n) is 5.23. The Bertz CT molecular complexity index is 741. The molecule has 98 valence electrons. The number of carboxylic acids is 1. The number of hydrogen-bond donors (Lipinski definition) is 1. The van der Waals surface area contributed by atoms with Gasteiger partial charge in [-0.15, -0.1) is 0 Å². The van der Waals surface area contributed by atoms with E-state index in [0.717, 1.165) is 6.26 Å². The Kier molecular flexibility index (Phi) is 3.30. The number of carboxylic acid groups (broad SMARTS) is 1. The molecule has 2 aromatic heterocycles. The molecule has 0 amide bonds. The van der Waals surface area contributed by atoms with Crippen LogP contribution in [0, 0.1) is 0 Å². The van der Waals surface area contributed by atoms with E-state index in [1.54, 1.807) is 6.07 Å². The number of rotatable bonds is 3. The lowest BCUT2D eigenvalue weighted by Crippen LogP contribution is -2.00. The summed E-state index contributed by atoms with van der Waals surface area (Å²) < 4.78 is 22.9. The van der Waals surface area contributed by atoms with Crippen molar-refractivity contribution in [3.8, 4) is 11.1 Å². The van der Waals surface area contributed by atoms with Gasteiger partial charge in [-0.2, -0.15) is 0 Å². The van der Waals surface area contributed by atoms with Crippen molar-refractivity contribution in [2.75, 3.05) is 6.26 Å². The fourth-order valence-corrected chi connectivity index (χ4v) is 2.10. The highest BCUT2D eigenvalue weighted by molar-refractivity contribution is 7.90. The van der Waals surface area contributed by atoms with Crippen molar-refractivity contribution in [2.45, 2.75) is 4.90 Å². The molecule has 0 atom stereocenters. The average Bonchev–Trinajstić information content (AvgIpc) is 2.38. The van der Waals surface area contributed by atoms with E-state index in [2.05, 4.69) is 9.97 Å². The normalized spacial score (nSPS) is 11.2. The summed E-state index contributed by atoms with van der Waals surface area (Å²) in [7, 11) is -3.35. The lowest BCUT2D eigenvalue weighted by Gasteiger charge is -2.04. The van der Waals surface area contributed by atoms with Crippen molar-refractivity contribution in [3.63, 3.8) is 0 Å². The Morgan fingerprint density at radius 3 is 2.58 bits per heavy atom. The van der Waals surface area contributed by atoms with Crippen molar-refractivity contribution < 1.29 is 18.3 Å². The fraction of sp³-hybridized carbons (Fsp3) is 0.0833. The molecule has 0 aliphatic carbocycles. The summed E-state index contributed by atoms with van der Waals surface area (Å²) >= 11 is 0. The number of sulfone groups is 1. The van der Waals surface area contributed by atoms with Gasteiger partial charge in [0.1, 0.15) is 5.69 Å². The Balaban J connectivity index is 2.54. The second kappa shape index (κ2) is 4.77. The first-order chi connectivity index (χ1) is 8.88. The lowest BCUT2D eigenvalue weighted by molar-refractivity contribution is 0.0690. The lowest BCUT2D eigenvalue weighted by atomic mass is 10.1. The van der Waals surface area contributed by atoms with E-state index in [0.29, 0.717) is 11.1 Å². The number of pyridine rings is 2. The van der Waals surface area contributed by atoms with E-state index in [1.807, 2.05) is 0 Å². The first-order valence-corrected chi connectivity index (χ1v) is 7.12. The molecule has 0 aromatic carbocycles. The Morgan fingerprint density at radius 1 is 1.21 bits per heavy atom. The monoisotopic (exact) mass is 278 g/mol. The predicted octanol–water partition coefficient (Wildman–Crippen LogP) is 1.25. The smallest absolute Gasteiger partial charge is 0.354 e. The van der Waals surface area contributed by atoms with Gasteiger partial charge in [0, 0.05) is 30.4 Å². The zero-order valence-electron chi connectivity index (χ0n) is 9.94. The molecule has 2 rings (SSSR count). The Morgan fingerprint density at radius 2 is 1.95 bits per heavy atom. The maximum absolute atomic E-state index is 11.4.